The Morgan fingerprint density at radius 1 is 0.900 bits per heavy atom. The summed E-state index contributed by atoms with van der Waals surface area (Å²) in [6.07, 6.45) is 4.80. The smallest absolute Gasteiger partial charge is 0.255 e. The van der Waals surface area contributed by atoms with Crippen molar-refractivity contribution in [1.29, 1.82) is 0 Å². The fraction of sp³-hybridized carbons (Fsp3) is 0. The fourth-order valence-corrected chi connectivity index (χ4v) is 3.18. The van der Waals surface area contributed by atoms with Gasteiger partial charge in [0.15, 0.2) is 0 Å². The first-order valence-electron chi connectivity index (χ1n) is 8.95. The van der Waals surface area contributed by atoms with Crippen LogP contribution in [0.1, 0.15) is 10.4 Å². The maximum Gasteiger partial charge on any atom is 0.255 e. The number of hydrogen-bond donors (Lipinski definition) is 2. The predicted molar refractivity (Wildman–Crippen MR) is 119 cm³/mol. The van der Waals surface area contributed by atoms with Crippen molar-refractivity contribution < 1.29 is 4.79 Å². The first kappa shape index (κ1) is 19.8. The van der Waals surface area contributed by atoms with E-state index < -0.39 is 0 Å². The highest BCUT2D eigenvalue weighted by Crippen LogP contribution is 2.31. The van der Waals surface area contributed by atoms with Crippen LogP contribution >= 0.6 is 23.2 Å². The quantitative estimate of drug-likeness (QED) is 0.411. The molecule has 2 heterocycles. The summed E-state index contributed by atoms with van der Waals surface area (Å²) in [7, 11) is 0. The topological polar surface area (TPSA) is 79.8 Å². The molecule has 0 bridgehead atoms. The Hall–Kier alpha value is -3.48. The molecule has 0 aliphatic carbocycles. The van der Waals surface area contributed by atoms with Crippen LogP contribution in [0.5, 0.6) is 0 Å². The number of hydrogen-bond acceptors (Lipinski definition) is 5. The molecule has 2 aromatic heterocycles. The standard InChI is InChI=1S/C22H15Cl2N5O/c23-15-3-1-4-16(12-15)28-22(30)14-6-7-18(24)20(11-14)29-21-17(5-2-9-26-21)19-8-10-25-13-27-19/h1-13H,(H,26,29)(H,28,30). The van der Waals surface area contributed by atoms with Gasteiger partial charge in [-0.05, 0) is 54.6 Å². The van der Waals surface area contributed by atoms with Crippen LogP contribution in [-0.4, -0.2) is 20.9 Å². The van der Waals surface area contributed by atoms with Gasteiger partial charge in [0.2, 0.25) is 0 Å². The number of nitrogens with zero attached hydrogens (tertiary/aromatic N) is 3. The van der Waals surface area contributed by atoms with Crippen molar-refractivity contribution >= 4 is 46.3 Å². The average Bonchev–Trinajstić information content (AvgIpc) is 2.76. The molecule has 0 atom stereocenters. The molecule has 8 heteroatoms. The van der Waals surface area contributed by atoms with Gasteiger partial charge in [-0.2, -0.15) is 0 Å². The Morgan fingerprint density at radius 2 is 1.80 bits per heavy atom. The van der Waals surface area contributed by atoms with Crippen molar-refractivity contribution in [2.24, 2.45) is 0 Å². The molecule has 4 aromatic rings. The number of carbonyl (C=O) groups is 1. The molecule has 0 saturated heterocycles. The van der Waals surface area contributed by atoms with Crippen LogP contribution in [0.2, 0.25) is 10.0 Å². The van der Waals surface area contributed by atoms with E-state index in [4.69, 9.17) is 23.2 Å². The molecule has 148 valence electrons. The number of benzene rings is 2. The van der Waals surface area contributed by atoms with E-state index in [1.165, 1.54) is 6.33 Å². The molecule has 0 unspecified atom stereocenters. The summed E-state index contributed by atoms with van der Waals surface area (Å²) < 4.78 is 0. The summed E-state index contributed by atoms with van der Waals surface area (Å²) >= 11 is 12.3. The number of amides is 1. The Morgan fingerprint density at radius 3 is 2.60 bits per heavy atom. The van der Waals surface area contributed by atoms with Crippen LogP contribution in [0.3, 0.4) is 0 Å². The Balaban J connectivity index is 1.61. The lowest BCUT2D eigenvalue weighted by Crippen LogP contribution is -2.12. The SMILES string of the molecule is O=C(Nc1cccc(Cl)c1)c1ccc(Cl)c(Nc2ncccc2-c2ccncn2)c1. The molecule has 0 spiro atoms. The number of halogens is 2. The van der Waals surface area contributed by atoms with E-state index >= 15 is 0 Å². The molecule has 1 amide bonds. The summed E-state index contributed by atoms with van der Waals surface area (Å²) in [5.74, 6) is 0.277. The molecule has 2 N–H and O–H groups in total. The second kappa shape index (κ2) is 8.90. The van der Waals surface area contributed by atoms with Crippen LogP contribution in [0.15, 0.2) is 79.4 Å². The molecule has 2 aromatic carbocycles. The second-order valence-electron chi connectivity index (χ2n) is 6.28. The van der Waals surface area contributed by atoms with Crippen molar-refractivity contribution in [3.05, 3.63) is 95.0 Å². The minimum absolute atomic E-state index is 0.283. The predicted octanol–water partition coefficient (Wildman–Crippen LogP) is 5.84. The molecule has 0 radical (unpaired) electrons. The third-order valence-corrected chi connectivity index (χ3v) is 4.79. The largest absolute Gasteiger partial charge is 0.338 e. The summed E-state index contributed by atoms with van der Waals surface area (Å²) in [5.41, 5.74) is 3.08. The maximum atomic E-state index is 12.7. The summed E-state index contributed by atoms with van der Waals surface area (Å²) in [6, 6.07) is 17.4. The van der Waals surface area contributed by atoms with Gasteiger partial charge in [0, 0.05) is 34.2 Å². The van der Waals surface area contributed by atoms with Gasteiger partial charge in [0.1, 0.15) is 12.1 Å². The van der Waals surface area contributed by atoms with Gasteiger partial charge in [0.05, 0.1) is 16.4 Å². The fourth-order valence-electron chi connectivity index (χ4n) is 2.82. The maximum absolute atomic E-state index is 12.7. The van der Waals surface area contributed by atoms with E-state index in [-0.39, 0.29) is 5.91 Å². The van der Waals surface area contributed by atoms with E-state index in [1.807, 2.05) is 12.1 Å². The van der Waals surface area contributed by atoms with Crippen molar-refractivity contribution in [3.8, 4) is 11.3 Å². The average molecular weight is 436 g/mol. The van der Waals surface area contributed by atoms with E-state index in [0.717, 1.165) is 5.56 Å². The molecule has 30 heavy (non-hydrogen) atoms. The summed E-state index contributed by atoms with van der Waals surface area (Å²) in [6.45, 7) is 0. The summed E-state index contributed by atoms with van der Waals surface area (Å²) in [4.78, 5) is 25.3. The van der Waals surface area contributed by atoms with Crippen LogP contribution in [0.4, 0.5) is 17.2 Å². The number of aromatic nitrogens is 3. The van der Waals surface area contributed by atoms with E-state index in [1.54, 1.807) is 60.9 Å². The molecule has 0 aliphatic heterocycles. The van der Waals surface area contributed by atoms with Gasteiger partial charge in [-0.1, -0.05) is 29.3 Å². The van der Waals surface area contributed by atoms with Crippen LogP contribution in [0.25, 0.3) is 11.3 Å². The third-order valence-electron chi connectivity index (χ3n) is 4.23. The molecular formula is C22H15Cl2N5O. The van der Waals surface area contributed by atoms with Gasteiger partial charge in [0.25, 0.3) is 5.91 Å². The number of anilines is 3. The minimum atomic E-state index is -0.283. The number of rotatable bonds is 5. The van der Waals surface area contributed by atoms with E-state index in [0.29, 0.717) is 38.5 Å². The molecule has 0 fully saturated rings. The highest BCUT2D eigenvalue weighted by atomic mass is 35.5. The molecular weight excluding hydrogens is 421 g/mol. The van der Waals surface area contributed by atoms with Crippen molar-refractivity contribution in [2.45, 2.75) is 0 Å². The minimum Gasteiger partial charge on any atom is -0.338 e. The van der Waals surface area contributed by atoms with Crippen LogP contribution in [0, 0.1) is 0 Å². The van der Waals surface area contributed by atoms with E-state index in [2.05, 4.69) is 25.6 Å². The van der Waals surface area contributed by atoms with Gasteiger partial charge in [-0.25, -0.2) is 15.0 Å². The third kappa shape index (κ3) is 4.56. The molecule has 6 nitrogen and oxygen atoms in total. The number of nitrogens with one attached hydrogen (secondary N) is 2. The van der Waals surface area contributed by atoms with Crippen molar-refractivity contribution in [1.82, 2.24) is 15.0 Å². The monoisotopic (exact) mass is 435 g/mol. The zero-order chi connectivity index (χ0) is 20.9. The second-order valence-corrected chi connectivity index (χ2v) is 7.12. The first-order chi connectivity index (χ1) is 14.6. The van der Waals surface area contributed by atoms with Gasteiger partial charge < -0.3 is 10.6 Å². The first-order valence-corrected chi connectivity index (χ1v) is 9.70. The highest BCUT2D eigenvalue weighted by Gasteiger charge is 2.13. The zero-order valence-electron chi connectivity index (χ0n) is 15.5. The molecule has 0 aliphatic rings. The number of pyridine rings is 1. The Labute approximate surface area is 182 Å². The highest BCUT2D eigenvalue weighted by molar-refractivity contribution is 6.33. The molecule has 4 rings (SSSR count). The Bertz CT molecular complexity index is 1200. The van der Waals surface area contributed by atoms with Gasteiger partial charge in [-0.15, -0.1) is 0 Å². The lowest BCUT2D eigenvalue weighted by molar-refractivity contribution is 0.102. The van der Waals surface area contributed by atoms with Crippen molar-refractivity contribution in [2.75, 3.05) is 10.6 Å². The lowest BCUT2D eigenvalue weighted by Gasteiger charge is -2.13. The Kier molecular flexibility index (Phi) is 5.88. The zero-order valence-corrected chi connectivity index (χ0v) is 17.0. The van der Waals surface area contributed by atoms with Crippen LogP contribution < -0.4 is 10.6 Å². The van der Waals surface area contributed by atoms with Crippen molar-refractivity contribution in [3.63, 3.8) is 0 Å². The van der Waals surface area contributed by atoms with Gasteiger partial charge in [-0.3, -0.25) is 4.79 Å². The van der Waals surface area contributed by atoms with Gasteiger partial charge >= 0.3 is 0 Å². The van der Waals surface area contributed by atoms with E-state index in [9.17, 15) is 4.79 Å². The lowest BCUT2D eigenvalue weighted by atomic mass is 10.1. The molecule has 0 saturated carbocycles. The summed E-state index contributed by atoms with van der Waals surface area (Å²) in [5, 5.41) is 7.02. The number of carbonyl (C=O) groups excluding carboxylic acids is 1. The van der Waals surface area contributed by atoms with Crippen LogP contribution in [-0.2, 0) is 0 Å². The normalized spacial score (nSPS) is 10.5.